The van der Waals surface area contributed by atoms with Crippen molar-refractivity contribution in [3.8, 4) is 5.75 Å². The molecule has 0 radical (unpaired) electrons. The number of rotatable bonds is 6. The molecule has 2 fully saturated rings. The molecular formula is C24H33N5O2. The number of hydrogen-bond donors (Lipinski definition) is 0. The van der Waals surface area contributed by atoms with E-state index in [1.54, 1.807) is 7.11 Å². The van der Waals surface area contributed by atoms with Crippen LogP contribution in [0.5, 0.6) is 5.75 Å². The molecule has 2 aliphatic heterocycles. The van der Waals surface area contributed by atoms with Crippen LogP contribution in [-0.4, -0.2) is 65.5 Å². The summed E-state index contributed by atoms with van der Waals surface area (Å²) < 4.78 is 5.28. The number of fused-ring (bicyclic) bond motifs is 1. The monoisotopic (exact) mass is 423 g/mol. The van der Waals surface area contributed by atoms with Crippen LogP contribution in [0.25, 0.3) is 0 Å². The summed E-state index contributed by atoms with van der Waals surface area (Å²) in [6, 6.07) is 8.72. The van der Waals surface area contributed by atoms with Gasteiger partial charge in [-0.2, -0.15) is 0 Å². The lowest BCUT2D eigenvalue weighted by molar-refractivity contribution is -0.135. The number of carbonyl (C=O) groups is 1. The third-order valence-electron chi connectivity index (χ3n) is 6.48. The highest BCUT2D eigenvalue weighted by Crippen LogP contribution is 2.32. The van der Waals surface area contributed by atoms with Gasteiger partial charge in [0.2, 0.25) is 11.9 Å². The third-order valence-corrected chi connectivity index (χ3v) is 6.48. The van der Waals surface area contributed by atoms with Gasteiger partial charge in [0, 0.05) is 70.2 Å². The molecule has 31 heavy (non-hydrogen) atoms. The Kier molecular flexibility index (Phi) is 6.70. The number of amides is 1. The van der Waals surface area contributed by atoms with Crippen LogP contribution in [-0.2, 0) is 17.9 Å². The molecule has 2 aliphatic rings. The van der Waals surface area contributed by atoms with E-state index in [4.69, 9.17) is 4.74 Å². The minimum atomic E-state index is 0.261. The third kappa shape index (κ3) is 4.98. The molecule has 0 spiro atoms. The Hall–Kier alpha value is -2.67. The quantitative estimate of drug-likeness (QED) is 0.712. The minimum absolute atomic E-state index is 0.261. The molecule has 166 valence electrons. The van der Waals surface area contributed by atoms with Crippen LogP contribution in [0.1, 0.15) is 43.2 Å². The maximum Gasteiger partial charge on any atom is 0.224 e. The summed E-state index contributed by atoms with van der Waals surface area (Å²) in [6.45, 7) is 2.50. The van der Waals surface area contributed by atoms with Gasteiger partial charge in [0.15, 0.2) is 0 Å². The number of anilines is 1. The lowest BCUT2D eigenvalue weighted by Crippen LogP contribution is -2.48. The maximum atomic E-state index is 13.1. The van der Waals surface area contributed by atoms with Gasteiger partial charge in [-0.15, -0.1) is 0 Å². The molecule has 1 amide bonds. The van der Waals surface area contributed by atoms with Crippen LogP contribution >= 0.6 is 0 Å². The fraction of sp³-hybridized carbons (Fsp3) is 0.542. The van der Waals surface area contributed by atoms with Crippen molar-refractivity contribution in [1.82, 2.24) is 19.8 Å². The number of nitrogens with zero attached hydrogens (tertiary/aromatic N) is 5. The molecule has 2 aromatic rings. The number of ether oxygens (including phenoxy) is 1. The van der Waals surface area contributed by atoms with E-state index in [0.717, 1.165) is 61.6 Å². The molecule has 0 saturated carbocycles. The second-order valence-corrected chi connectivity index (χ2v) is 8.80. The topological polar surface area (TPSA) is 61.8 Å². The number of benzene rings is 1. The summed E-state index contributed by atoms with van der Waals surface area (Å²) in [5, 5.41) is 0. The van der Waals surface area contributed by atoms with Crippen molar-refractivity contribution in [1.29, 1.82) is 0 Å². The van der Waals surface area contributed by atoms with Gasteiger partial charge in [0.05, 0.1) is 7.11 Å². The van der Waals surface area contributed by atoms with Gasteiger partial charge in [-0.05, 0) is 37.0 Å². The van der Waals surface area contributed by atoms with Crippen LogP contribution in [0.3, 0.4) is 0 Å². The first kappa shape index (κ1) is 21.6. The normalized spacial score (nSPS) is 22.0. The summed E-state index contributed by atoms with van der Waals surface area (Å²) >= 11 is 0. The molecule has 2 saturated heterocycles. The number of hydrogen-bond acceptors (Lipinski definition) is 6. The van der Waals surface area contributed by atoms with Gasteiger partial charge < -0.3 is 14.5 Å². The highest BCUT2D eigenvalue weighted by molar-refractivity contribution is 5.76. The molecular weight excluding hydrogens is 390 g/mol. The van der Waals surface area contributed by atoms with Gasteiger partial charge in [-0.1, -0.05) is 18.6 Å². The molecule has 0 aliphatic carbocycles. The van der Waals surface area contributed by atoms with Gasteiger partial charge in [-0.3, -0.25) is 9.69 Å². The SMILES string of the molecule is COc1ccc(CN2C(=O)CCCC[C@@H]3[C@@H]2CCN3Cc2cnc(N(C)C)nc2)cc1. The van der Waals surface area contributed by atoms with E-state index in [2.05, 4.69) is 31.9 Å². The molecule has 0 bridgehead atoms. The van der Waals surface area contributed by atoms with E-state index in [1.165, 1.54) is 0 Å². The van der Waals surface area contributed by atoms with E-state index in [1.807, 2.05) is 43.5 Å². The lowest BCUT2D eigenvalue weighted by atomic mass is 9.96. The highest BCUT2D eigenvalue weighted by Gasteiger charge is 2.40. The molecule has 0 N–H and O–H groups in total. The Morgan fingerprint density at radius 2 is 1.74 bits per heavy atom. The number of methoxy groups -OCH3 is 1. The van der Waals surface area contributed by atoms with Crippen LogP contribution in [0.2, 0.25) is 0 Å². The summed E-state index contributed by atoms with van der Waals surface area (Å²) in [6.07, 6.45) is 8.74. The van der Waals surface area contributed by atoms with Gasteiger partial charge in [-0.25, -0.2) is 9.97 Å². The van der Waals surface area contributed by atoms with Crippen LogP contribution in [0, 0.1) is 0 Å². The predicted octanol–water partition coefficient (Wildman–Crippen LogP) is 3.10. The molecule has 3 heterocycles. The molecule has 0 unspecified atom stereocenters. The first-order chi connectivity index (χ1) is 15.0. The first-order valence-corrected chi connectivity index (χ1v) is 11.2. The zero-order valence-electron chi connectivity index (χ0n) is 18.8. The van der Waals surface area contributed by atoms with Crippen molar-refractivity contribution < 1.29 is 9.53 Å². The Bertz CT molecular complexity index is 869. The summed E-state index contributed by atoms with van der Waals surface area (Å²) in [4.78, 5) is 28.6. The first-order valence-electron chi connectivity index (χ1n) is 11.2. The van der Waals surface area contributed by atoms with Crippen molar-refractivity contribution in [2.45, 2.75) is 57.3 Å². The molecule has 2 atom stereocenters. The van der Waals surface area contributed by atoms with Gasteiger partial charge in [0.25, 0.3) is 0 Å². The Morgan fingerprint density at radius 3 is 2.42 bits per heavy atom. The standard InChI is InChI=1S/C24H33N5O2/c1-27(2)24-25-14-19(15-26-24)16-28-13-12-22-21(28)6-4-5-7-23(30)29(22)17-18-8-10-20(31-3)11-9-18/h8-11,14-15,21-22H,4-7,12-13,16-17H2,1-3H3/t21-,22+/m1/s1. The average molecular weight is 424 g/mol. The molecule has 1 aromatic carbocycles. The van der Waals surface area contributed by atoms with E-state index < -0.39 is 0 Å². The van der Waals surface area contributed by atoms with E-state index in [0.29, 0.717) is 19.0 Å². The number of aromatic nitrogens is 2. The smallest absolute Gasteiger partial charge is 0.224 e. The van der Waals surface area contributed by atoms with Gasteiger partial charge >= 0.3 is 0 Å². The molecule has 7 nitrogen and oxygen atoms in total. The Balaban J connectivity index is 1.49. The van der Waals surface area contributed by atoms with Crippen molar-refractivity contribution in [2.24, 2.45) is 0 Å². The van der Waals surface area contributed by atoms with Crippen LogP contribution in [0.4, 0.5) is 5.95 Å². The Labute approximate surface area is 185 Å². The lowest BCUT2D eigenvalue weighted by Gasteiger charge is -2.37. The van der Waals surface area contributed by atoms with Crippen molar-refractivity contribution in [3.63, 3.8) is 0 Å². The zero-order chi connectivity index (χ0) is 21.8. The van der Waals surface area contributed by atoms with Crippen LogP contribution < -0.4 is 9.64 Å². The van der Waals surface area contributed by atoms with E-state index in [9.17, 15) is 4.79 Å². The summed E-state index contributed by atoms with van der Waals surface area (Å²) in [5.41, 5.74) is 2.28. The molecule has 1 aromatic heterocycles. The Morgan fingerprint density at radius 1 is 1.00 bits per heavy atom. The largest absolute Gasteiger partial charge is 0.497 e. The fourth-order valence-electron chi connectivity index (χ4n) is 4.82. The second-order valence-electron chi connectivity index (χ2n) is 8.80. The zero-order valence-corrected chi connectivity index (χ0v) is 18.8. The van der Waals surface area contributed by atoms with Crippen molar-refractivity contribution in [2.75, 3.05) is 32.6 Å². The van der Waals surface area contributed by atoms with Gasteiger partial charge in [0.1, 0.15) is 5.75 Å². The fourth-order valence-corrected chi connectivity index (χ4v) is 4.82. The summed E-state index contributed by atoms with van der Waals surface area (Å²) in [7, 11) is 5.57. The van der Waals surface area contributed by atoms with E-state index in [-0.39, 0.29) is 11.9 Å². The molecule has 7 heteroatoms. The predicted molar refractivity (Wildman–Crippen MR) is 121 cm³/mol. The minimum Gasteiger partial charge on any atom is -0.497 e. The van der Waals surface area contributed by atoms with Crippen molar-refractivity contribution in [3.05, 3.63) is 47.8 Å². The van der Waals surface area contributed by atoms with Crippen LogP contribution in [0.15, 0.2) is 36.7 Å². The second kappa shape index (κ2) is 9.64. The number of likely N-dealkylation sites (tertiary alicyclic amines) is 2. The summed E-state index contributed by atoms with van der Waals surface area (Å²) in [5.74, 6) is 1.85. The van der Waals surface area contributed by atoms with Crippen molar-refractivity contribution >= 4 is 11.9 Å². The maximum absolute atomic E-state index is 13.1. The highest BCUT2D eigenvalue weighted by atomic mass is 16.5. The number of carbonyl (C=O) groups excluding carboxylic acids is 1. The van der Waals surface area contributed by atoms with E-state index >= 15 is 0 Å². The molecule has 4 rings (SSSR count). The average Bonchev–Trinajstić information content (AvgIpc) is 3.16.